The Kier molecular flexibility index (Phi) is 5.81. The first-order chi connectivity index (χ1) is 13.3. The molecule has 1 fully saturated rings. The summed E-state index contributed by atoms with van der Waals surface area (Å²) in [6.45, 7) is 3.59. The Morgan fingerprint density at radius 1 is 1.07 bits per heavy atom. The van der Waals surface area contributed by atoms with Crippen molar-refractivity contribution in [1.82, 2.24) is 4.72 Å². The van der Waals surface area contributed by atoms with Crippen LogP contribution in [0.3, 0.4) is 0 Å². The second-order valence-electron chi connectivity index (χ2n) is 6.81. The van der Waals surface area contributed by atoms with Crippen LogP contribution in [-0.2, 0) is 14.8 Å². The number of aryl methyl sites for hydroxylation is 1. The summed E-state index contributed by atoms with van der Waals surface area (Å²) in [5.74, 6) is -0.548. The molecule has 0 heterocycles. The normalized spacial score (nSPS) is 13.8. The van der Waals surface area contributed by atoms with Crippen LogP contribution in [0.4, 0.5) is 11.4 Å². The van der Waals surface area contributed by atoms with E-state index in [-0.39, 0.29) is 22.4 Å². The number of benzene rings is 2. The van der Waals surface area contributed by atoms with Crippen LogP contribution in [0.5, 0.6) is 0 Å². The number of hydrogen-bond donors (Lipinski definition) is 3. The van der Waals surface area contributed by atoms with Gasteiger partial charge in [-0.25, -0.2) is 13.1 Å². The molecule has 0 saturated heterocycles. The summed E-state index contributed by atoms with van der Waals surface area (Å²) < 4.78 is 27.3. The zero-order chi connectivity index (χ0) is 20.3. The third-order valence-corrected chi connectivity index (χ3v) is 5.91. The molecule has 0 bridgehead atoms. The zero-order valence-electron chi connectivity index (χ0n) is 15.8. The third kappa shape index (κ3) is 4.96. The van der Waals surface area contributed by atoms with E-state index < -0.39 is 15.9 Å². The average Bonchev–Trinajstić information content (AvgIpc) is 3.47. The molecule has 148 valence electrons. The van der Waals surface area contributed by atoms with E-state index in [9.17, 15) is 18.0 Å². The van der Waals surface area contributed by atoms with Gasteiger partial charge in [-0.2, -0.15) is 0 Å². The van der Waals surface area contributed by atoms with Gasteiger partial charge in [0, 0.05) is 29.4 Å². The van der Waals surface area contributed by atoms with E-state index in [1.165, 1.54) is 12.1 Å². The van der Waals surface area contributed by atoms with E-state index in [0.717, 1.165) is 18.4 Å². The first-order valence-corrected chi connectivity index (χ1v) is 10.6. The van der Waals surface area contributed by atoms with Gasteiger partial charge in [-0.15, -0.1) is 0 Å². The van der Waals surface area contributed by atoms with Gasteiger partial charge in [-0.1, -0.05) is 19.1 Å². The lowest BCUT2D eigenvalue weighted by Gasteiger charge is -2.12. The molecule has 28 heavy (non-hydrogen) atoms. The smallest absolute Gasteiger partial charge is 0.255 e. The molecule has 8 heteroatoms. The number of hydrogen-bond acceptors (Lipinski definition) is 4. The minimum absolute atomic E-state index is 0.00815. The Morgan fingerprint density at radius 2 is 1.82 bits per heavy atom. The minimum atomic E-state index is -3.63. The maximum Gasteiger partial charge on any atom is 0.255 e. The van der Waals surface area contributed by atoms with Gasteiger partial charge in [-0.05, 0) is 55.7 Å². The van der Waals surface area contributed by atoms with Crippen molar-refractivity contribution in [1.29, 1.82) is 0 Å². The summed E-state index contributed by atoms with van der Waals surface area (Å²) in [6, 6.07) is 11.1. The topological polar surface area (TPSA) is 104 Å². The molecule has 1 saturated carbocycles. The second kappa shape index (κ2) is 8.12. The molecule has 0 radical (unpaired) electrons. The number of rotatable bonds is 7. The van der Waals surface area contributed by atoms with Gasteiger partial charge in [0.1, 0.15) is 0 Å². The fraction of sp³-hybridized carbons (Fsp3) is 0.300. The van der Waals surface area contributed by atoms with Crippen LogP contribution in [0.1, 0.15) is 42.1 Å². The molecular formula is C20H23N3O4S. The Hall–Kier alpha value is -2.71. The van der Waals surface area contributed by atoms with Crippen LogP contribution in [0.2, 0.25) is 0 Å². The molecular weight excluding hydrogens is 378 g/mol. The number of sulfonamides is 1. The van der Waals surface area contributed by atoms with Gasteiger partial charge >= 0.3 is 0 Å². The molecule has 7 nitrogen and oxygen atoms in total. The molecule has 0 atom stereocenters. The summed E-state index contributed by atoms with van der Waals surface area (Å²) in [7, 11) is -3.63. The fourth-order valence-corrected chi connectivity index (χ4v) is 3.92. The van der Waals surface area contributed by atoms with Crippen LogP contribution >= 0.6 is 0 Å². The average molecular weight is 401 g/mol. The summed E-state index contributed by atoms with van der Waals surface area (Å²) >= 11 is 0. The Balaban J connectivity index is 1.79. The molecule has 0 aromatic heterocycles. The molecule has 1 aliphatic rings. The summed E-state index contributed by atoms with van der Waals surface area (Å²) in [6.07, 6.45) is 2.03. The molecule has 0 spiro atoms. The molecule has 3 rings (SSSR count). The van der Waals surface area contributed by atoms with Crippen molar-refractivity contribution in [3.8, 4) is 0 Å². The highest BCUT2D eigenvalue weighted by molar-refractivity contribution is 7.89. The minimum Gasteiger partial charge on any atom is -0.326 e. The molecule has 2 amide bonds. The van der Waals surface area contributed by atoms with Crippen LogP contribution in [0.25, 0.3) is 0 Å². The fourth-order valence-electron chi connectivity index (χ4n) is 2.57. The maximum atomic E-state index is 12.7. The number of anilines is 2. The van der Waals surface area contributed by atoms with E-state index in [1.807, 2.05) is 6.92 Å². The molecule has 0 unspecified atom stereocenters. The predicted octanol–water partition coefficient (Wildman–Crippen LogP) is 3.04. The number of carbonyl (C=O) groups excluding carboxylic acids is 2. The van der Waals surface area contributed by atoms with Crippen molar-refractivity contribution < 1.29 is 18.0 Å². The van der Waals surface area contributed by atoms with E-state index in [4.69, 9.17) is 0 Å². The largest absolute Gasteiger partial charge is 0.326 e. The Bertz CT molecular complexity index is 1010. The van der Waals surface area contributed by atoms with Gasteiger partial charge < -0.3 is 10.6 Å². The van der Waals surface area contributed by atoms with Gasteiger partial charge in [-0.3, -0.25) is 9.59 Å². The molecule has 2 aromatic carbocycles. The Labute approximate surface area is 164 Å². The van der Waals surface area contributed by atoms with Crippen molar-refractivity contribution in [2.75, 3.05) is 10.6 Å². The van der Waals surface area contributed by atoms with Crippen molar-refractivity contribution in [3.63, 3.8) is 0 Å². The van der Waals surface area contributed by atoms with E-state index in [0.29, 0.717) is 17.8 Å². The van der Waals surface area contributed by atoms with E-state index >= 15 is 0 Å². The van der Waals surface area contributed by atoms with E-state index in [1.54, 1.807) is 37.3 Å². The number of amides is 2. The SMILES string of the molecule is CCC(=O)Nc1ccc(C)c(NC(=O)c2cccc(S(=O)(=O)NC3CC3)c2)c1. The first-order valence-electron chi connectivity index (χ1n) is 9.13. The molecule has 1 aliphatic carbocycles. The van der Waals surface area contributed by atoms with E-state index in [2.05, 4.69) is 15.4 Å². The Morgan fingerprint density at radius 3 is 2.50 bits per heavy atom. The zero-order valence-corrected chi connectivity index (χ0v) is 16.6. The quantitative estimate of drug-likeness (QED) is 0.663. The summed E-state index contributed by atoms with van der Waals surface area (Å²) in [4.78, 5) is 24.3. The molecule has 0 aliphatic heterocycles. The van der Waals surface area contributed by atoms with Crippen molar-refractivity contribution in [3.05, 3.63) is 53.6 Å². The van der Waals surface area contributed by atoms with Crippen molar-refractivity contribution in [2.24, 2.45) is 0 Å². The van der Waals surface area contributed by atoms with Gasteiger partial charge in [0.15, 0.2) is 0 Å². The first kappa shape index (κ1) is 20.0. The highest BCUT2D eigenvalue weighted by Gasteiger charge is 2.28. The highest BCUT2D eigenvalue weighted by atomic mass is 32.2. The van der Waals surface area contributed by atoms with Crippen molar-refractivity contribution in [2.45, 2.75) is 44.0 Å². The van der Waals surface area contributed by atoms with Crippen LogP contribution in [0, 0.1) is 6.92 Å². The summed E-state index contributed by atoms with van der Waals surface area (Å²) in [5.41, 5.74) is 2.18. The lowest BCUT2D eigenvalue weighted by molar-refractivity contribution is -0.115. The second-order valence-corrected chi connectivity index (χ2v) is 8.52. The van der Waals surface area contributed by atoms with Crippen LogP contribution in [-0.4, -0.2) is 26.3 Å². The van der Waals surface area contributed by atoms with Gasteiger partial charge in [0.05, 0.1) is 4.90 Å². The molecule has 2 aromatic rings. The summed E-state index contributed by atoms with van der Waals surface area (Å²) in [5, 5.41) is 5.53. The molecule has 3 N–H and O–H groups in total. The van der Waals surface area contributed by atoms with Crippen LogP contribution in [0.15, 0.2) is 47.4 Å². The highest BCUT2D eigenvalue weighted by Crippen LogP contribution is 2.24. The van der Waals surface area contributed by atoms with Crippen LogP contribution < -0.4 is 15.4 Å². The maximum absolute atomic E-state index is 12.7. The standard InChI is InChI=1S/C20H23N3O4S/c1-3-19(24)21-16-8-7-13(2)18(12-16)22-20(25)14-5-4-6-17(11-14)28(26,27)23-15-9-10-15/h4-8,11-12,15,23H,3,9-10H2,1-2H3,(H,21,24)(H,22,25). The monoisotopic (exact) mass is 401 g/mol. The van der Waals surface area contributed by atoms with Crippen molar-refractivity contribution >= 4 is 33.2 Å². The number of nitrogens with one attached hydrogen (secondary N) is 3. The third-order valence-electron chi connectivity index (χ3n) is 4.40. The number of carbonyl (C=O) groups is 2. The van der Waals surface area contributed by atoms with Gasteiger partial charge in [0.25, 0.3) is 5.91 Å². The lowest BCUT2D eigenvalue weighted by atomic mass is 10.1. The predicted molar refractivity (Wildman–Crippen MR) is 108 cm³/mol. The van der Waals surface area contributed by atoms with Gasteiger partial charge in [0.2, 0.25) is 15.9 Å². The lowest BCUT2D eigenvalue weighted by Crippen LogP contribution is -2.26.